The molecule has 0 aromatic carbocycles. The number of nitrogens with one attached hydrogen (secondary N) is 1. The van der Waals surface area contributed by atoms with E-state index in [0.29, 0.717) is 19.6 Å². The number of rotatable bonds is 6. The number of nitrogens with two attached hydrogens (primary N) is 1. The van der Waals surface area contributed by atoms with Crippen molar-refractivity contribution in [2.45, 2.75) is 25.3 Å². The van der Waals surface area contributed by atoms with Gasteiger partial charge in [0.1, 0.15) is 6.04 Å². The van der Waals surface area contributed by atoms with E-state index < -0.39 is 17.9 Å². The molecule has 102 valence electrons. The fourth-order valence-electron chi connectivity index (χ4n) is 1.68. The molecular formula is C11H18N2O5. The molecule has 0 saturated carbocycles. The van der Waals surface area contributed by atoms with E-state index in [4.69, 9.17) is 10.5 Å². The predicted molar refractivity (Wildman–Crippen MR) is 61.3 cm³/mol. The van der Waals surface area contributed by atoms with Crippen LogP contribution in [0.1, 0.15) is 19.3 Å². The van der Waals surface area contributed by atoms with Gasteiger partial charge < -0.3 is 20.5 Å². The van der Waals surface area contributed by atoms with Gasteiger partial charge in [-0.25, -0.2) is 0 Å². The third kappa shape index (κ3) is 4.33. The second-order valence-electron chi connectivity index (χ2n) is 4.14. The lowest BCUT2D eigenvalue weighted by Crippen LogP contribution is -2.47. The smallest absolute Gasteiger partial charge is 0.305 e. The van der Waals surface area contributed by atoms with Crippen LogP contribution < -0.4 is 11.1 Å². The van der Waals surface area contributed by atoms with E-state index in [1.807, 2.05) is 0 Å². The average molecular weight is 258 g/mol. The zero-order chi connectivity index (χ0) is 13.5. The summed E-state index contributed by atoms with van der Waals surface area (Å²) in [6.45, 7) is 0.899. The van der Waals surface area contributed by atoms with Crippen LogP contribution in [-0.2, 0) is 23.9 Å². The van der Waals surface area contributed by atoms with Crippen LogP contribution in [0.25, 0.3) is 0 Å². The van der Waals surface area contributed by atoms with Crippen LogP contribution in [0.5, 0.6) is 0 Å². The minimum Gasteiger partial charge on any atom is -0.469 e. The van der Waals surface area contributed by atoms with Crippen molar-refractivity contribution in [3.05, 3.63) is 0 Å². The summed E-state index contributed by atoms with van der Waals surface area (Å²) >= 11 is 0. The van der Waals surface area contributed by atoms with Crippen molar-refractivity contribution in [1.82, 2.24) is 5.32 Å². The molecule has 0 bridgehead atoms. The minimum atomic E-state index is -0.850. The molecule has 1 aliphatic rings. The molecular weight excluding hydrogens is 240 g/mol. The van der Waals surface area contributed by atoms with Crippen molar-refractivity contribution in [3.8, 4) is 0 Å². The van der Waals surface area contributed by atoms with Crippen molar-refractivity contribution in [2.24, 2.45) is 11.7 Å². The highest BCUT2D eigenvalue weighted by Gasteiger charge is 2.27. The summed E-state index contributed by atoms with van der Waals surface area (Å²) < 4.78 is 9.55. The molecule has 0 aromatic heterocycles. The van der Waals surface area contributed by atoms with Gasteiger partial charge in [0.2, 0.25) is 11.8 Å². The average Bonchev–Trinajstić information content (AvgIpc) is 2.87. The van der Waals surface area contributed by atoms with Crippen LogP contribution in [0.3, 0.4) is 0 Å². The predicted octanol–water partition coefficient (Wildman–Crippen LogP) is -1.05. The van der Waals surface area contributed by atoms with Crippen LogP contribution in [-0.4, -0.2) is 44.1 Å². The highest BCUT2D eigenvalue weighted by Crippen LogP contribution is 2.12. The Labute approximate surface area is 105 Å². The Morgan fingerprint density at radius 3 is 2.72 bits per heavy atom. The Bertz CT molecular complexity index is 325. The molecule has 7 heteroatoms. The number of primary amides is 1. The summed E-state index contributed by atoms with van der Waals surface area (Å²) in [5.74, 6) is -1.61. The first-order valence-electron chi connectivity index (χ1n) is 5.79. The van der Waals surface area contributed by atoms with Gasteiger partial charge in [-0.3, -0.25) is 14.4 Å². The summed E-state index contributed by atoms with van der Waals surface area (Å²) in [5, 5.41) is 2.54. The lowest BCUT2D eigenvalue weighted by molar-refractivity contribution is -0.141. The number of carbonyl (C=O) groups is 3. The molecule has 3 N–H and O–H groups in total. The standard InChI is InChI=1S/C11H18N2O5/c1-17-9(14)3-2-8(10(12)15)13-11(16)7-4-5-18-6-7/h7-8H,2-6H2,1H3,(H2,12,15)(H,13,16)/t7-,8-/m1/s1. The van der Waals surface area contributed by atoms with E-state index >= 15 is 0 Å². The third-order valence-electron chi connectivity index (χ3n) is 2.83. The summed E-state index contributed by atoms with van der Waals surface area (Å²) in [4.78, 5) is 33.9. The van der Waals surface area contributed by atoms with Gasteiger partial charge in [0.15, 0.2) is 0 Å². The van der Waals surface area contributed by atoms with Crippen molar-refractivity contribution in [1.29, 1.82) is 0 Å². The lowest BCUT2D eigenvalue weighted by Gasteiger charge is -2.17. The fraction of sp³-hybridized carbons (Fsp3) is 0.727. The van der Waals surface area contributed by atoms with Gasteiger partial charge in [0.05, 0.1) is 19.6 Å². The van der Waals surface area contributed by atoms with Crippen LogP contribution in [0.15, 0.2) is 0 Å². The summed E-state index contributed by atoms with van der Waals surface area (Å²) in [6.07, 6.45) is 0.807. The van der Waals surface area contributed by atoms with Crippen molar-refractivity contribution in [3.63, 3.8) is 0 Å². The quantitative estimate of drug-likeness (QED) is 0.591. The van der Waals surface area contributed by atoms with Gasteiger partial charge >= 0.3 is 5.97 Å². The molecule has 0 aliphatic carbocycles. The molecule has 0 unspecified atom stereocenters. The zero-order valence-corrected chi connectivity index (χ0v) is 10.3. The molecule has 2 atom stereocenters. The van der Waals surface area contributed by atoms with Crippen molar-refractivity contribution < 1.29 is 23.9 Å². The van der Waals surface area contributed by atoms with E-state index in [1.165, 1.54) is 7.11 Å². The SMILES string of the molecule is COC(=O)CC[C@@H](NC(=O)[C@@H]1CCOC1)C(N)=O. The van der Waals surface area contributed by atoms with E-state index in [2.05, 4.69) is 10.1 Å². The van der Waals surface area contributed by atoms with E-state index in [9.17, 15) is 14.4 Å². The number of ether oxygens (including phenoxy) is 2. The van der Waals surface area contributed by atoms with Gasteiger partial charge in [-0.1, -0.05) is 0 Å². The number of methoxy groups -OCH3 is 1. The fourth-order valence-corrected chi connectivity index (χ4v) is 1.68. The van der Waals surface area contributed by atoms with Crippen LogP contribution in [0.4, 0.5) is 0 Å². The Hall–Kier alpha value is -1.63. The first-order chi connectivity index (χ1) is 8.54. The molecule has 0 radical (unpaired) electrons. The van der Waals surface area contributed by atoms with Gasteiger partial charge in [0.25, 0.3) is 0 Å². The van der Waals surface area contributed by atoms with E-state index in [1.54, 1.807) is 0 Å². The van der Waals surface area contributed by atoms with Gasteiger partial charge in [-0.15, -0.1) is 0 Å². The molecule has 1 heterocycles. The number of carbonyl (C=O) groups excluding carboxylic acids is 3. The number of esters is 1. The molecule has 1 saturated heterocycles. The van der Waals surface area contributed by atoms with E-state index in [-0.39, 0.29) is 24.7 Å². The second-order valence-corrected chi connectivity index (χ2v) is 4.14. The molecule has 1 fully saturated rings. The summed E-state index contributed by atoms with van der Waals surface area (Å²) in [6, 6.07) is -0.850. The summed E-state index contributed by atoms with van der Waals surface area (Å²) in [7, 11) is 1.26. The molecule has 2 amide bonds. The number of hydrogen-bond acceptors (Lipinski definition) is 5. The third-order valence-corrected chi connectivity index (χ3v) is 2.83. The molecule has 1 rings (SSSR count). The zero-order valence-electron chi connectivity index (χ0n) is 10.3. The molecule has 0 aromatic rings. The molecule has 0 spiro atoms. The second kappa shape index (κ2) is 6.95. The Morgan fingerprint density at radius 1 is 1.50 bits per heavy atom. The highest BCUT2D eigenvalue weighted by atomic mass is 16.5. The molecule has 1 aliphatic heterocycles. The monoisotopic (exact) mass is 258 g/mol. The largest absolute Gasteiger partial charge is 0.469 e. The maximum absolute atomic E-state index is 11.8. The Kier molecular flexibility index (Phi) is 5.57. The van der Waals surface area contributed by atoms with E-state index in [0.717, 1.165) is 0 Å². The first-order valence-corrected chi connectivity index (χ1v) is 5.79. The molecule has 7 nitrogen and oxygen atoms in total. The van der Waals surface area contributed by atoms with Crippen LogP contribution >= 0.6 is 0 Å². The maximum atomic E-state index is 11.8. The molecule has 18 heavy (non-hydrogen) atoms. The normalized spacial score (nSPS) is 20.2. The van der Waals surface area contributed by atoms with Crippen molar-refractivity contribution in [2.75, 3.05) is 20.3 Å². The Morgan fingerprint density at radius 2 is 2.22 bits per heavy atom. The minimum absolute atomic E-state index is 0.0333. The highest BCUT2D eigenvalue weighted by molar-refractivity contribution is 5.88. The van der Waals surface area contributed by atoms with Gasteiger partial charge in [-0.2, -0.15) is 0 Å². The Balaban J connectivity index is 2.44. The summed E-state index contributed by atoms with van der Waals surface area (Å²) in [5.41, 5.74) is 5.17. The number of hydrogen-bond donors (Lipinski definition) is 2. The first kappa shape index (κ1) is 14.4. The van der Waals surface area contributed by atoms with Gasteiger partial charge in [0, 0.05) is 13.0 Å². The van der Waals surface area contributed by atoms with Gasteiger partial charge in [-0.05, 0) is 12.8 Å². The topological polar surface area (TPSA) is 108 Å². The number of amides is 2. The lowest BCUT2D eigenvalue weighted by atomic mass is 10.1. The maximum Gasteiger partial charge on any atom is 0.305 e. The van der Waals surface area contributed by atoms with Crippen LogP contribution in [0, 0.1) is 5.92 Å². The van der Waals surface area contributed by atoms with Crippen molar-refractivity contribution >= 4 is 17.8 Å². The van der Waals surface area contributed by atoms with Crippen LogP contribution in [0.2, 0.25) is 0 Å².